The molecule has 0 fully saturated rings. The van der Waals surface area contributed by atoms with E-state index in [1.165, 1.54) is 0 Å². The van der Waals surface area contributed by atoms with E-state index in [0.29, 0.717) is 10.6 Å². The molecule has 0 aliphatic rings. The summed E-state index contributed by atoms with van der Waals surface area (Å²) in [6, 6.07) is 16.6. The summed E-state index contributed by atoms with van der Waals surface area (Å²) in [5.41, 5.74) is -1.22. The van der Waals surface area contributed by atoms with Crippen LogP contribution in [0.1, 0.15) is 11.4 Å². The Morgan fingerprint density at radius 3 is 1.31 bits per heavy atom. The van der Waals surface area contributed by atoms with Gasteiger partial charge in [-0.15, -0.1) is 0 Å². The molecule has 0 aliphatic carbocycles. The lowest BCUT2D eigenvalue weighted by atomic mass is 10.2. The van der Waals surface area contributed by atoms with Crippen LogP contribution in [0.4, 0.5) is 22.0 Å². The van der Waals surface area contributed by atoms with Gasteiger partial charge in [0.2, 0.25) is 5.82 Å². The summed E-state index contributed by atoms with van der Waals surface area (Å²) in [6.07, 6.45) is 0. The van der Waals surface area contributed by atoms with Crippen molar-refractivity contribution in [2.75, 3.05) is 0 Å². The van der Waals surface area contributed by atoms with Crippen LogP contribution in [0.5, 0.6) is 0 Å². The van der Waals surface area contributed by atoms with E-state index >= 15 is 0 Å². The predicted molar refractivity (Wildman–Crippen MR) is 90.3 cm³/mol. The van der Waals surface area contributed by atoms with Gasteiger partial charge in [0, 0.05) is 0 Å². The van der Waals surface area contributed by atoms with Crippen molar-refractivity contribution in [3.8, 4) is 0 Å². The summed E-state index contributed by atoms with van der Waals surface area (Å²) in [7, 11) is -1.84. The molecule has 0 aliphatic heterocycles. The average Bonchev–Trinajstić information content (AvgIpc) is 2.67. The summed E-state index contributed by atoms with van der Waals surface area (Å²) < 4.78 is 68.8. The van der Waals surface area contributed by atoms with Gasteiger partial charge in [-0.2, -0.15) is 0 Å². The summed E-state index contributed by atoms with van der Waals surface area (Å²) >= 11 is 0. The first-order chi connectivity index (χ1) is 12.4. The predicted octanol–water partition coefficient (Wildman–Crippen LogP) is 4.51. The van der Waals surface area contributed by atoms with E-state index in [1.54, 1.807) is 60.7 Å². The van der Waals surface area contributed by atoms with Crippen molar-refractivity contribution < 1.29 is 27.1 Å². The largest absolute Gasteiger partial charge is 0.383 e. The molecule has 7 heteroatoms. The molecule has 26 heavy (non-hydrogen) atoms. The van der Waals surface area contributed by atoms with E-state index in [4.69, 9.17) is 0 Å². The van der Waals surface area contributed by atoms with Crippen molar-refractivity contribution in [1.82, 2.24) is 0 Å². The molecular weight excluding hydrogens is 370 g/mol. The van der Waals surface area contributed by atoms with Crippen LogP contribution in [0.2, 0.25) is 0 Å². The van der Waals surface area contributed by atoms with Crippen LogP contribution in [0.25, 0.3) is 0 Å². The Morgan fingerprint density at radius 1 is 0.577 bits per heavy atom. The quantitative estimate of drug-likeness (QED) is 0.305. The number of benzene rings is 3. The van der Waals surface area contributed by atoms with Gasteiger partial charge in [0.05, 0.1) is 5.56 Å². The van der Waals surface area contributed by atoms with E-state index < -0.39 is 48.4 Å². The lowest BCUT2D eigenvalue weighted by molar-refractivity contribution is 0.244. The molecule has 0 bridgehead atoms. The highest BCUT2D eigenvalue weighted by molar-refractivity contribution is 7.73. The standard InChI is InChI=1S/C19H12F5OP/c20-14-13(15(21)17(23)18(24)16(14)22)19(25)26(11-7-3-1-4-8-11)12-9-5-2-6-10-12/h1-10,19,25H. The summed E-state index contributed by atoms with van der Waals surface area (Å²) in [5, 5.41) is 11.7. The van der Waals surface area contributed by atoms with Gasteiger partial charge in [-0.05, 0) is 18.5 Å². The first-order valence-electron chi connectivity index (χ1n) is 7.52. The van der Waals surface area contributed by atoms with Crippen LogP contribution in [0.3, 0.4) is 0 Å². The molecule has 3 aromatic carbocycles. The minimum atomic E-state index is -2.25. The fourth-order valence-corrected chi connectivity index (χ4v) is 4.92. The normalized spacial score (nSPS) is 12.4. The van der Waals surface area contributed by atoms with Gasteiger partial charge < -0.3 is 5.11 Å². The van der Waals surface area contributed by atoms with Gasteiger partial charge >= 0.3 is 0 Å². The zero-order valence-corrected chi connectivity index (χ0v) is 14.0. The molecule has 0 heterocycles. The Kier molecular flexibility index (Phi) is 5.35. The maximum Gasteiger partial charge on any atom is 0.200 e. The fourth-order valence-electron chi connectivity index (χ4n) is 2.59. The van der Waals surface area contributed by atoms with Gasteiger partial charge in [-0.25, -0.2) is 22.0 Å². The smallest absolute Gasteiger partial charge is 0.200 e. The molecule has 0 spiro atoms. The molecular formula is C19H12F5OP. The summed E-state index contributed by atoms with van der Waals surface area (Å²) in [6.45, 7) is 0. The van der Waals surface area contributed by atoms with Gasteiger partial charge in [-0.1, -0.05) is 60.7 Å². The van der Waals surface area contributed by atoms with Crippen molar-refractivity contribution in [3.63, 3.8) is 0 Å². The van der Waals surface area contributed by atoms with Crippen molar-refractivity contribution in [2.24, 2.45) is 0 Å². The SMILES string of the molecule is OC(c1c(F)c(F)c(F)c(F)c1F)P(c1ccccc1)c1ccccc1. The minimum absolute atomic E-state index is 0.533. The molecule has 0 saturated carbocycles. The highest BCUT2D eigenvalue weighted by Gasteiger charge is 2.34. The highest BCUT2D eigenvalue weighted by atomic mass is 31.1. The van der Waals surface area contributed by atoms with Crippen LogP contribution in [-0.4, -0.2) is 5.11 Å². The molecule has 0 amide bonds. The van der Waals surface area contributed by atoms with Crippen molar-refractivity contribution in [1.29, 1.82) is 0 Å². The van der Waals surface area contributed by atoms with Gasteiger partial charge in [-0.3, -0.25) is 0 Å². The molecule has 1 nitrogen and oxygen atoms in total. The molecule has 0 saturated heterocycles. The maximum atomic E-state index is 14.2. The van der Waals surface area contributed by atoms with Crippen molar-refractivity contribution >= 4 is 18.5 Å². The molecule has 3 rings (SSSR count). The van der Waals surface area contributed by atoms with Crippen LogP contribution in [0, 0.1) is 29.1 Å². The van der Waals surface area contributed by atoms with Crippen LogP contribution in [0.15, 0.2) is 60.7 Å². The Bertz CT molecular complexity index is 850. The zero-order chi connectivity index (χ0) is 18.8. The van der Waals surface area contributed by atoms with Gasteiger partial charge in [0.1, 0.15) is 5.85 Å². The number of aliphatic hydroxyl groups excluding tert-OH is 1. The third-order valence-corrected chi connectivity index (χ3v) is 6.27. The van der Waals surface area contributed by atoms with Gasteiger partial charge in [0.15, 0.2) is 23.3 Å². The number of aliphatic hydroxyl groups is 1. The van der Waals surface area contributed by atoms with E-state index in [0.717, 1.165) is 0 Å². The Balaban J connectivity index is 2.21. The van der Waals surface area contributed by atoms with E-state index in [1.807, 2.05) is 0 Å². The van der Waals surface area contributed by atoms with E-state index in [9.17, 15) is 27.1 Å². The minimum Gasteiger partial charge on any atom is -0.383 e. The molecule has 134 valence electrons. The Morgan fingerprint density at radius 2 is 0.923 bits per heavy atom. The Hall–Kier alpha value is -2.30. The molecule has 1 atom stereocenters. The van der Waals surface area contributed by atoms with Crippen LogP contribution < -0.4 is 10.6 Å². The molecule has 3 aromatic rings. The first kappa shape index (κ1) is 18.5. The monoisotopic (exact) mass is 382 g/mol. The number of rotatable bonds is 4. The second-order valence-corrected chi connectivity index (χ2v) is 7.66. The number of hydrogen-bond acceptors (Lipinski definition) is 1. The fraction of sp³-hybridized carbons (Fsp3) is 0.0526. The Labute approximate surface area is 147 Å². The summed E-state index contributed by atoms with van der Waals surface area (Å²) in [4.78, 5) is 0. The number of halogens is 5. The topological polar surface area (TPSA) is 20.2 Å². The molecule has 1 N–H and O–H groups in total. The van der Waals surface area contributed by atoms with E-state index in [-0.39, 0.29) is 0 Å². The lowest BCUT2D eigenvalue weighted by Crippen LogP contribution is -2.20. The number of hydrogen-bond donors (Lipinski definition) is 1. The lowest BCUT2D eigenvalue weighted by Gasteiger charge is -2.25. The second-order valence-electron chi connectivity index (χ2n) is 5.40. The van der Waals surface area contributed by atoms with Crippen molar-refractivity contribution in [2.45, 2.75) is 5.85 Å². The average molecular weight is 382 g/mol. The van der Waals surface area contributed by atoms with Gasteiger partial charge in [0.25, 0.3) is 0 Å². The third-order valence-electron chi connectivity index (χ3n) is 3.82. The maximum absolute atomic E-state index is 14.2. The zero-order valence-electron chi connectivity index (χ0n) is 13.1. The van der Waals surface area contributed by atoms with E-state index in [2.05, 4.69) is 0 Å². The second kappa shape index (κ2) is 7.52. The molecule has 0 aromatic heterocycles. The molecule has 1 unspecified atom stereocenters. The molecule has 0 radical (unpaired) electrons. The third kappa shape index (κ3) is 3.22. The highest BCUT2D eigenvalue weighted by Crippen LogP contribution is 2.49. The first-order valence-corrected chi connectivity index (χ1v) is 8.93. The van der Waals surface area contributed by atoms with Crippen molar-refractivity contribution in [3.05, 3.63) is 95.3 Å². The van der Waals surface area contributed by atoms with Crippen LogP contribution in [-0.2, 0) is 0 Å². The summed E-state index contributed by atoms with van der Waals surface area (Å²) in [5.74, 6) is -12.4. The van der Waals surface area contributed by atoms with Crippen LogP contribution >= 0.6 is 7.92 Å².